The molecule has 1 aliphatic rings. The highest BCUT2D eigenvalue weighted by Gasteiger charge is 2.30. The maximum atomic E-state index is 12.1. The molecule has 2 aromatic carbocycles. The minimum absolute atomic E-state index is 0.101. The molecule has 5 heteroatoms. The second-order valence-electron chi connectivity index (χ2n) is 7.68. The number of aromatic nitrogens is 2. The van der Waals surface area contributed by atoms with E-state index in [0.29, 0.717) is 17.3 Å². The van der Waals surface area contributed by atoms with E-state index in [-0.39, 0.29) is 5.56 Å². The Morgan fingerprint density at radius 2 is 1.90 bits per heavy atom. The number of hydrogen-bond donors (Lipinski definition) is 2. The van der Waals surface area contributed by atoms with Gasteiger partial charge in [-0.05, 0) is 48.1 Å². The van der Waals surface area contributed by atoms with Gasteiger partial charge in [0, 0.05) is 36.0 Å². The molecule has 0 bridgehead atoms. The predicted molar refractivity (Wildman–Crippen MR) is 115 cm³/mol. The van der Waals surface area contributed by atoms with E-state index in [0.717, 1.165) is 46.0 Å². The topological polar surface area (TPSA) is 81.1 Å². The third-order valence-corrected chi connectivity index (χ3v) is 5.71. The Bertz CT molecular complexity index is 1250. The summed E-state index contributed by atoms with van der Waals surface area (Å²) in [5.41, 5.74) is 12.0. The summed E-state index contributed by atoms with van der Waals surface area (Å²) < 4.78 is 2.08. The second-order valence-corrected chi connectivity index (χ2v) is 7.68. The van der Waals surface area contributed by atoms with Gasteiger partial charge in [0.15, 0.2) is 0 Å². The monoisotopic (exact) mass is 383 g/mol. The van der Waals surface area contributed by atoms with E-state index >= 15 is 0 Å². The SMILES string of the molecule is Cn1ccc2cc(-c3ncc(C4CC4)c(N)c3C(=O)O)cc(-c3ccccc3)c21. The van der Waals surface area contributed by atoms with Crippen molar-refractivity contribution >= 4 is 22.6 Å². The van der Waals surface area contributed by atoms with Gasteiger partial charge in [-0.15, -0.1) is 0 Å². The fourth-order valence-corrected chi connectivity index (χ4v) is 4.11. The number of carboxylic acid groups (broad SMARTS) is 1. The standard InChI is InChI=1S/C24H21N3O2/c1-27-10-9-16-11-17(12-18(23(16)27)14-5-3-2-4-6-14)22-20(24(28)29)21(25)19(13-26-22)15-7-8-15/h2-6,9-13,15H,7-8H2,1H3,(H2,25,26)(H,28,29). The van der Waals surface area contributed by atoms with Crippen molar-refractivity contribution in [2.45, 2.75) is 18.8 Å². The van der Waals surface area contributed by atoms with Crippen molar-refractivity contribution in [3.05, 3.63) is 72.1 Å². The first-order chi connectivity index (χ1) is 14.0. The van der Waals surface area contributed by atoms with Crippen molar-refractivity contribution in [3.8, 4) is 22.4 Å². The van der Waals surface area contributed by atoms with E-state index in [1.807, 2.05) is 49.6 Å². The van der Waals surface area contributed by atoms with Gasteiger partial charge < -0.3 is 15.4 Å². The summed E-state index contributed by atoms with van der Waals surface area (Å²) in [7, 11) is 2.01. The van der Waals surface area contributed by atoms with E-state index < -0.39 is 5.97 Å². The van der Waals surface area contributed by atoms with Gasteiger partial charge in [0.25, 0.3) is 0 Å². The summed E-state index contributed by atoms with van der Waals surface area (Å²) in [4.78, 5) is 16.7. The van der Waals surface area contributed by atoms with Crippen molar-refractivity contribution in [1.82, 2.24) is 9.55 Å². The number of nitrogen functional groups attached to an aromatic ring is 1. The van der Waals surface area contributed by atoms with Crippen LogP contribution in [0.4, 0.5) is 5.69 Å². The van der Waals surface area contributed by atoms with Gasteiger partial charge in [-0.1, -0.05) is 30.3 Å². The van der Waals surface area contributed by atoms with Gasteiger partial charge in [0.2, 0.25) is 0 Å². The van der Waals surface area contributed by atoms with E-state index in [1.165, 1.54) is 0 Å². The van der Waals surface area contributed by atoms with Gasteiger partial charge in [-0.25, -0.2) is 4.79 Å². The minimum Gasteiger partial charge on any atom is -0.478 e. The molecule has 29 heavy (non-hydrogen) atoms. The Morgan fingerprint density at radius 3 is 2.59 bits per heavy atom. The van der Waals surface area contributed by atoms with Crippen LogP contribution in [-0.4, -0.2) is 20.6 Å². The lowest BCUT2D eigenvalue weighted by atomic mass is 9.95. The predicted octanol–water partition coefficient (Wildman–Crippen LogP) is 5.07. The third kappa shape index (κ3) is 2.86. The van der Waals surface area contributed by atoms with Crippen molar-refractivity contribution in [2.75, 3.05) is 5.73 Å². The van der Waals surface area contributed by atoms with Gasteiger partial charge in [0.1, 0.15) is 5.56 Å². The Morgan fingerprint density at radius 1 is 1.14 bits per heavy atom. The van der Waals surface area contributed by atoms with E-state index in [2.05, 4.69) is 21.7 Å². The number of carbonyl (C=O) groups is 1. The van der Waals surface area contributed by atoms with E-state index in [4.69, 9.17) is 5.73 Å². The van der Waals surface area contributed by atoms with Crippen molar-refractivity contribution < 1.29 is 9.90 Å². The minimum atomic E-state index is -1.04. The number of aryl methyl sites for hydroxylation is 1. The summed E-state index contributed by atoms with van der Waals surface area (Å²) >= 11 is 0. The lowest BCUT2D eigenvalue weighted by Crippen LogP contribution is -2.09. The van der Waals surface area contributed by atoms with Gasteiger partial charge in [0.05, 0.1) is 16.9 Å². The van der Waals surface area contributed by atoms with Crippen LogP contribution < -0.4 is 5.73 Å². The Hall–Kier alpha value is -3.60. The molecule has 3 N–H and O–H groups in total. The van der Waals surface area contributed by atoms with Crippen molar-refractivity contribution in [3.63, 3.8) is 0 Å². The van der Waals surface area contributed by atoms with Gasteiger partial charge >= 0.3 is 5.97 Å². The number of pyridine rings is 1. The first-order valence-corrected chi connectivity index (χ1v) is 9.71. The molecule has 2 aromatic heterocycles. The molecule has 0 spiro atoms. The van der Waals surface area contributed by atoms with Crippen LogP contribution in [0.25, 0.3) is 33.3 Å². The lowest BCUT2D eigenvalue weighted by Gasteiger charge is -2.14. The zero-order valence-corrected chi connectivity index (χ0v) is 16.1. The van der Waals surface area contributed by atoms with Gasteiger partial charge in [-0.3, -0.25) is 4.98 Å². The van der Waals surface area contributed by atoms with Crippen molar-refractivity contribution in [2.24, 2.45) is 7.05 Å². The molecule has 0 aliphatic heterocycles. The molecule has 1 aliphatic carbocycles. The molecule has 0 amide bonds. The zero-order chi connectivity index (χ0) is 20.1. The van der Waals surface area contributed by atoms with Crippen LogP contribution in [0.2, 0.25) is 0 Å². The van der Waals surface area contributed by atoms with Crippen LogP contribution in [0.3, 0.4) is 0 Å². The van der Waals surface area contributed by atoms with Crippen LogP contribution in [0.15, 0.2) is 60.9 Å². The number of aromatic carboxylic acids is 1. The quantitative estimate of drug-likeness (QED) is 0.516. The summed E-state index contributed by atoms with van der Waals surface area (Å²) in [5.74, 6) is -0.701. The summed E-state index contributed by atoms with van der Waals surface area (Å²) in [5, 5.41) is 10.9. The fraction of sp³-hybridized carbons (Fsp3) is 0.167. The number of nitrogens with two attached hydrogens (primary N) is 1. The molecule has 1 saturated carbocycles. The first kappa shape index (κ1) is 17.5. The fourth-order valence-electron chi connectivity index (χ4n) is 4.11. The molecule has 0 atom stereocenters. The highest BCUT2D eigenvalue weighted by Crippen LogP contribution is 2.45. The zero-order valence-electron chi connectivity index (χ0n) is 16.1. The maximum absolute atomic E-state index is 12.1. The largest absolute Gasteiger partial charge is 0.478 e. The van der Waals surface area contributed by atoms with E-state index in [9.17, 15) is 9.90 Å². The van der Waals surface area contributed by atoms with Crippen LogP contribution in [0, 0.1) is 0 Å². The molecular weight excluding hydrogens is 362 g/mol. The number of hydrogen-bond acceptors (Lipinski definition) is 3. The summed E-state index contributed by atoms with van der Waals surface area (Å²) in [6.45, 7) is 0. The smallest absolute Gasteiger partial charge is 0.340 e. The van der Waals surface area contributed by atoms with E-state index in [1.54, 1.807) is 6.20 Å². The third-order valence-electron chi connectivity index (χ3n) is 5.71. The van der Waals surface area contributed by atoms with Gasteiger partial charge in [-0.2, -0.15) is 0 Å². The molecule has 5 nitrogen and oxygen atoms in total. The van der Waals surface area contributed by atoms with Crippen LogP contribution in [0.1, 0.15) is 34.7 Å². The number of fused-ring (bicyclic) bond motifs is 1. The average molecular weight is 383 g/mol. The molecule has 4 aromatic rings. The lowest BCUT2D eigenvalue weighted by molar-refractivity contribution is 0.0698. The average Bonchev–Trinajstić information content (AvgIpc) is 3.50. The number of nitrogens with zero attached hydrogens (tertiary/aromatic N) is 2. The highest BCUT2D eigenvalue weighted by molar-refractivity contribution is 6.04. The molecular formula is C24H21N3O2. The summed E-state index contributed by atoms with van der Waals surface area (Å²) in [6.07, 6.45) is 5.85. The molecule has 2 heterocycles. The number of rotatable bonds is 4. The molecule has 0 saturated heterocycles. The molecule has 5 rings (SSSR count). The normalized spacial score (nSPS) is 13.7. The van der Waals surface area contributed by atoms with Crippen LogP contribution in [0.5, 0.6) is 0 Å². The van der Waals surface area contributed by atoms with Crippen molar-refractivity contribution in [1.29, 1.82) is 0 Å². The Balaban J connectivity index is 1.78. The number of anilines is 1. The number of benzene rings is 2. The molecule has 0 unspecified atom stereocenters. The second kappa shape index (κ2) is 6.48. The molecule has 144 valence electrons. The molecule has 0 radical (unpaired) electrons. The molecule has 1 fully saturated rings. The Kier molecular flexibility index (Phi) is 3.91. The van der Waals surface area contributed by atoms with Crippen LogP contribution >= 0.6 is 0 Å². The first-order valence-electron chi connectivity index (χ1n) is 9.71. The highest BCUT2D eigenvalue weighted by atomic mass is 16.4. The summed E-state index contributed by atoms with van der Waals surface area (Å²) in [6, 6.07) is 16.1. The van der Waals surface area contributed by atoms with Crippen LogP contribution in [-0.2, 0) is 7.05 Å². The number of carboxylic acids is 1. The Labute approximate surface area is 168 Å². The maximum Gasteiger partial charge on any atom is 0.340 e.